The van der Waals surface area contributed by atoms with E-state index in [0.717, 1.165) is 23.5 Å². The average molecular weight is 403 g/mol. The van der Waals surface area contributed by atoms with Crippen molar-refractivity contribution in [3.8, 4) is 28.3 Å². The van der Waals surface area contributed by atoms with Crippen LogP contribution in [0.4, 0.5) is 0 Å². The molecule has 0 spiro atoms. The quantitative estimate of drug-likeness (QED) is 0.386. The van der Waals surface area contributed by atoms with Gasteiger partial charge in [0.1, 0.15) is 11.6 Å². The lowest BCUT2D eigenvalue weighted by molar-refractivity contribution is 0.242. The summed E-state index contributed by atoms with van der Waals surface area (Å²) in [5.74, 6) is 1.50. The lowest BCUT2D eigenvalue weighted by Crippen LogP contribution is -2.05. The molecule has 0 amide bonds. The summed E-state index contributed by atoms with van der Waals surface area (Å²) in [6, 6.07) is 24.8. The molecule has 3 nitrogen and oxygen atoms in total. The Morgan fingerprint density at radius 1 is 0.897 bits per heavy atom. The molecule has 1 heterocycles. The molecular weight excluding hydrogens is 380 g/mol. The lowest BCUT2D eigenvalue weighted by Gasteiger charge is -2.11. The Kier molecular flexibility index (Phi) is 5.68. The molecule has 0 saturated carbocycles. The Bertz CT molecular complexity index is 1090. The highest BCUT2D eigenvalue weighted by Crippen LogP contribution is 2.30. The maximum absolute atomic E-state index is 6.36. The second-order valence-electron chi connectivity index (χ2n) is 7.29. The maximum atomic E-state index is 6.36. The minimum Gasteiger partial charge on any atom is -0.489 e. The zero-order valence-electron chi connectivity index (χ0n) is 16.5. The van der Waals surface area contributed by atoms with E-state index in [-0.39, 0.29) is 6.10 Å². The highest BCUT2D eigenvalue weighted by molar-refractivity contribution is 6.32. The number of ether oxygens (including phenoxy) is 1. The van der Waals surface area contributed by atoms with E-state index < -0.39 is 0 Å². The Labute approximate surface area is 176 Å². The lowest BCUT2D eigenvalue weighted by atomic mass is 10.0. The number of rotatable bonds is 6. The van der Waals surface area contributed by atoms with Gasteiger partial charge in [-0.1, -0.05) is 66.2 Å². The zero-order chi connectivity index (χ0) is 20.2. The molecule has 146 valence electrons. The van der Waals surface area contributed by atoms with Crippen molar-refractivity contribution < 1.29 is 4.74 Å². The number of benzene rings is 3. The monoisotopic (exact) mass is 402 g/mol. The van der Waals surface area contributed by atoms with Crippen LogP contribution in [0, 0.1) is 0 Å². The van der Waals surface area contributed by atoms with Crippen molar-refractivity contribution in [2.45, 2.75) is 26.4 Å². The van der Waals surface area contributed by atoms with Crippen molar-refractivity contribution in [3.63, 3.8) is 0 Å². The van der Waals surface area contributed by atoms with Crippen LogP contribution < -0.4 is 4.74 Å². The van der Waals surface area contributed by atoms with Gasteiger partial charge in [-0.2, -0.15) is 0 Å². The van der Waals surface area contributed by atoms with Crippen LogP contribution >= 0.6 is 11.6 Å². The molecule has 4 heteroatoms. The van der Waals surface area contributed by atoms with E-state index in [4.69, 9.17) is 21.3 Å². The molecular formula is C25H23ClN2O. The molecule has 0 aliphatic rings. The summed E-state index contributed by atoms with van der Waals surface area (Å²) >= 11 is 6.36. The van der Waals surface area contributed by atoms with Crippen molar-refractivity contribution in [3.05, 3.63) is 95.3 Å². The Morgan fingerprint density at radius 3 is 2.28 bits per heavy atom. The summed E-state index contributed by atoms with van der Waals surface area (Å²) in [7, 11) is 0. The molecule has 0 bridgehead atoms. The minimum atomic E-state index is 0.0850. The number of imidazole rings is 1. The molecule has 4 rings (SSSR count). The highest BCUT2D eigenvalue weighted by Gasteiger charge is 2.10. The molecule has 0 unspecified atom stereocenters. The zero-order valence-corrected chi connectivity index (χ0v) is 17.3. The molecule has 29 heavy (non-hydrogen) atoms. The van der Waals surface area contributed by atoms with E-state index in [0.29, 0.717) is 10.8 Å². The minimum absolute atomic E-state index is 0.0850. The van der Waals surface area contributed by atoms with Gasteiger partial charge in [0.25, 0.3) is 0 Å². The van der Waals surface area contributed by atoms with E-state index in [9.17, 15) is 0 Å². The van der Waals surface area contributed by atoms with Gasteiger partial charge >= 0.3 is 0 Å². The molecule has 3 aromatic carbocycles. The van der Waals surface area contributed by atoms with E-state index in [1.165, 1.54) is 16.7 Å². The summed E-state index contributed by atoms with van der Waals surface area (Å²) in [5, 5.41) is 0.589. The first-order valence-electron chi connectivity index (χ1n) is 9.74. The molecule has 0 aliphatic heterocycles. The number of halogens is 1. The Morgan fingerprint density at radius 2 is 1.59 bits per heavy atom. The maximum Gasteiger partial charge on any atom is 0.138 e. The molecule has 0 aliphatic carbocycles. The summed E-state index contributed by atoms with van der Waals surface area (Å²) in [5.41, 5.74) is 5.60. The standard InChI is InChI=1S/C25H23ClN2O/c1-17(2)29-24-13-12-21(15-23(24)26)25-27-16-22(28-25)14-18-8-10-20(11-9-18)19-6-4-3-5-7-19/h3-13,15-17H,14H2,1-2H3,(H,27,28). The third-order valence-corrected chi connectivity index (χ3v) is 4.94. The van der Waals surface area contributed by atoms with Crippen LogP contribution in [0.3, 0.4) is 0 Å². The fraction of sp³-hybridized carbons (Fsp3) is 0.160. The fourth-order valence-corrected chi connectivity index (χ4v) is 3.48. The van der Waals surface area contributed by atoms with Crippen LogP contribution in [-0.2, 0) is 6.42 Å². The molecule has 0 radical (unpaired) electrons. The Balaban J connectivity index is 1.47. The van der Waals surface area contributed by atoms with Crippen molar-refractivity contribution in [1.29, 1.82) is 0 Å². The first-order valence-corrected chi connectivity index (χ1v) is 10.1. The number of aromatic amines is 1. The van der Waals surface area contributed by atoms with Gasteiger partial charge < -0.3 is 9.72 Å². The number of nitrogens with one attached hydrogen (secondary N) is 1. The third-order valence-electron chi connectivity index (χ3n) is 4.65. The number of aromatic nitrogens is 2. The fourth-order valence-electron chi connectivity index (χ4n) is 3.25. The summed E-state index contributed by atoms with van der Waals surface area (Å²) in [4.78, 5) is 7.99. The Hall–Kier alpha value is -3.04. The van der Waals surface area contributed by atoms with Gasteiger partial charge in [-0.25, -0.2) is 4.98 Å². The predicted molar refractivity (Wildman–Crippen MR) is 119 cm³/mol. The third kappa shape index (κ3) is 4.69. The SMILES string of the molecule is CC(C)Oc1ccc(-c2nc(Cc3ccc(-c4ccccc4)cc3)c[nH]2)cc1Cl. The van der Waals surface area contributed by atoms with E-state index in [2.05, 4.69) is 53.5 Å². The number of nitrogens with zero attached hydrogens (tertiary/aromatic N) is 1. The highest BCUT2D eigenvalue weighted by atomic mass is 35.5. The second kappa shape index (κ2) is 8.54. The van der Waals surface area contributed by atoms with Gasteiger partial charge in [-0.05, 0) is 48.7 Å². The van der Waals surface area contributed by atoms with Gasteiger partial charge in [0.05, 0.1) is 16.8 Å². The van der Waals surface area contributed by atoms with Crippen molar-refractivity contribution in [2.24, 2.45) is 0 Å². The summed E-state index contributed by atoms with van der Waals surface area (Å²) in [6.07, 6.45) is 2.81. The molecule has 0 atom stereocenters. The van der Waals surface area contributed by atoms with E-state index >= 15 is 0 Å². The number of H-pyrrole nitrogens is 1. The molecule has 1 aromatic heterocycles. The number of hydrogen-bond donors (Lipinski definition) is 1. The predicted octanol–water partition coefficient (Wildman–Crippen LogP) is 6.78. The first kappa shape index (κ1) is 19.3. The first-order chi connectivity index (χ1) is 14.1. The average Bonchev–Trinajstić information content (AvgIpc) is 3.19. The summed E-state index contributed by atoms with van der Waals surface area (Å²) < 4.78 is 5.70. The van der Waals surface area contributed by atoms with Crippen molar-refractivity contribution >= 4 is 11.6 Å². The smallest absolute Gasteiger partial charge is 0.138 e. The molecule has 4 aromatic rings. The topological polar surface area (TPSA) is 37.9 Å². The van der Waals surface area contributed by atoms with Gasteiger partial charge in [-0.15, -0.1) is 0 Å². The van der Waals surface area contributed by atoms with Crippen LogP contribution in [0.2, 0.25) is 5.02 Å². The summed E-state index contributed by atoms with van der Waals surface area (Å²) in [6.45, 7) is 3.96. The second-order valence-corrected chi connectivity index (χ2v) is 7.70. The largest absolute Gasteiger partial charge is 0.489 e. The van der Waals surface area contributed by atoms with Gasteiger partial charge in [0, 0.05) is 18.2 Å². The van der Waals surface area contributed by atoms with Crippen LogP contribution in [0.25, 0.3) is 22.5 Å². The van der Waals surface area contributed by atoms with Crippen molar-refractivity contribution in [1.82, 2.24) is 9.97 Å². The molecule has 1 N–H and O–H groups in total. The van der Waals surface area contributed by atoms with Crippen LogP contribution in [-0.4, -0.2) is 16.1 Å². The number of hydrogen-bond acceptors (Lipinski definition) is 2. The van der Waals surface area contributed by atoms with Crippen LogP contribution in [0.1, 0.15) is 25.1 Å². The van der Waals surface area contributed by atoms with Gasteiger partial charge in [0.2, 0.25) is 0 Å². The van der Waals surface area contributed by atoms with E-state index in [1.807, 2.05) is 44.3 Å². The molecule has 0 fully saturated rings. The van der Waals surface area contributed by atoms with E-state index in [1.54, 1.807) is 0 Å². The van der Waals surface area contributed by atoms with Crippen LogP contribution in [0.15, 0.2) is 79.0 Å². The normalized spacial score (nSPS) is 11.0. The van der Waals surface area contributed by atoms with Crippen molar-refractivity contribution in [2.75, 3.05) is 0 Å². The van der Waals surface area contributed by atoms with Gasteiger partial charge in [-0.3, -0.25) is 0 Å². The van der Waals surface area contributed by atoms with Crippen LogP contribution in [0.5, 0.6) is 5.75 Å². The van der Waals surface area contributed by atoms with Gasteiger partial charge in [0.15, 0.2) is 0 Å². The molecule has 0 saturated heterocycles.